The fourth-order valence-electron chi connectivity index (χ4n) is 5.04. The highest BCUT2D eigenvalue weighted by Crippen LogP contribution is 2.38. The van der Waals surface area contributed by atoms with Crippen LogP contribution in [0.2, 0.25) is 0 Å². The Morgan fingerprint density at radius 2 is 1.43 bits per heavy atom. The van der Waals surface area contributed by atoms with Gasteiger partial charge in [-0.1, -0.05) is 0 Å². The lowest BCUT2D eigenvalue weighted by molar-refractivity contribution is -0.388. The third-order valence-electron chi connectivity index (χ3n) is 7.29. The van der Waals surface area contributed by atoms with Crippen LogP contribution in [0.25, 0.3) is 0 Å². The summed E-state index contributed by atoms with van der Waals surface area (Å²) in [4.78, 5) is 28.3. The summed E-state index contributed by atoms with van der Waals surface area (Å²) in [5.74, 6) is -0.127. The lowest BCUT2D eigenvalue weighted by Crippen LogP contribution is -2.48. The van der Waals surface area contributed by atoms with E-state index in [2.05, 4.69) is 10.2 Å². The van der Waals surface area contributed by atoms with Crippen LogP contribution in [0.1, 0.15) is 30.4 Å². The molecule has 8 nitrogen and oxygen atoms in total. The van der Waals surface area contributed by atoms with E-state index in [0.717, 1.165) is 30.0 Å². The van der Waals surface area contributed by atoms with Crippen molar-refractivity contribution in [2.45, 2.75) is 37.7 Å². The first kappa shape index (κ1) is 29.4. The molecule has 0 radical (unpaired) electrons. The monoisotopic (exact) mass is 573 g/mol. The number of piperazine rings is 1. The molecule has 2 saturated heterocycles. The molecule has 0 aliphatic carbocycles. The highest BCUT2D eigenvalue weighted by Gasteiger charge is 2.39. The van der Waals surface area contributed by atoms with Crippen molar-refractivity contribution >= 4 is 23.0 Å². The molecule has 0 unspecified atom stereocenters. The largest absolute Gasteiger partial charge is 0.423 e. The van der Waals surface area contributed by atoms with Crippen molar-refractivity contribution in [1.82, 2.24) is 10.2 Å². The molecule has 14 heteroatoms. The maximum absolute atomic E-state index is 13.3. The predicted molar refractivity (Wildman–Crippen MR) is 136 cm³/mol. The summed E-state index contributed by atoms with van der Waals surface area (Å²) >= 11 is 0. The summed E-state index contributed by atoms with van der Waals surface area (Å²) in [6.45, 7) is 3.92. The molecule has 4 rings (SSSR count). The first-order valence-electron chi connectivity index (χ1n) is 12.9. The molecule has 0 aromatic heterocycles. The van der Waals surface area contributed by atoms with Gasteiger partial charge in [0, 0.05) is 75.7 Å². The van der Waals surface area contributed by atoms with Gasteiger partial charge in [0.2, 0.25) is 5.91 Å². The number of halogens is 6. The van der Waals surface area contributed by atoms with Gasteiger partial charge < -0.3 is 15.1 Å². The second kappa shape index (κ2) is 11.9. The molecular weight excluding hydrogens is 544 g/mol. The number of nitrogens with zero attached hydrogens (tertiary/aromatic N) is 4. The number of hydrogen-bond donors (Lipinski definition) is 1. The van der Waals surface area contributed by atoms with Crippen LogP contribution in [0, 0.1) is 10.1 Å². The molecule has 0 atom stereocenters. The van der Waals surface area contributed by atoms with Gasteiger partial charge in [0.1, 0.15) is 5.56 Å². The Bertz CT molecular complexity index is 1190. The normalized spacial score (nSPS) is 17.6. The second-order valence-corrected chi connectivity index (χ2v) is 9.91. The molecule has 0 saturated carbocycles. The van der Waals surface area contributed by atoms with Crippen molar-refractivity contribution < 1.29 is 36.1 Å². The van der Waals surface area contributed by atoms with Gasteiger partial charge in [0.05, 0.1) is 10.5 Å². The summed E-state index contributed by atoms with van der Waals surface area (Å²) in [6.07, 6.45) is -7.90. The Labute approximate surface area is 226 Å². The third kappa shape index (κ3) is 7.34. The van der Waals surface area contributed by atoms with Gasteiger partial charge in [0.25, 0.3) is 5.69 Å². The van der Waals surface area contributed by atoms with Crippen LogP contribution < -0.4 is 15.1 Å². The molecule has 2 fully saturated rings. The minimum Gasteiger partial charge on any atom is -0.371 e. The van der Waals surface area contributed by atoms with E-state index in [1.165, 1.54) is 18.2 Å². The Balaban J connectivity index is 1.19. The summed E-state index contributed by atoms with van der Waals surface area (Å²) in [7, 11) is 0. The maximum atomic E-state index is 13.3. The van der Waals surface area contributed by atoms with Crippen molar-refractivity contribution in [3.63, 3.8) is 0 Å². The van der Waals surface area contributed by atoms with E-state index in [9.17, 15) is 41.3 Å². The van der Waals surface area contributed by atoms with Gasteiger partial charge >= 0.3 is 12.4 Å². The van der Waals surface area contributed by atoms with E-state index >= 15 is 0 Å². The molecule has 0 spiro atoms. The third-order valence-corrected chi connectivity index (χ3v) is 7.29. The van der Waals surface area contributed by atoms with Crippen molar-refractivity contribution in [1.29, 1.82) is 0 Å². The van der Waals surface area contributed by atoms with E-state index in [0.29, 0.717) is 58.7 Å². The number of carbonyl (C=O) groups excluding carboxylic acids is 1. The summed E-state index contributed by atoms with van der Waals surface area (Å²) < 4.78 is 78.2. The molecule has 2 aliphatic rings. The van der Waals surface area contributed by atoms with Gasteiger partial charge in [-0.25, -0.2) is 0 Å². The first-order chi connectivity index (χ1) is 18.8. The Kier molecular flexibility index (Phi) is 8.76. The van der Waals surface area contributed by atoms with E-state index < -0.39 is 34.1 Å². The van der Waals surface area contributed by atoms with E-state index in [4.69, 9.17) is 0 Å². The number of piperidine rings is 1. The Morgan fingerprint density at radius 1 is 0.850 bits per heavy atom. The van der Waals surface area contributed by atoms with Crippen LogP contribution in [0.15, 0.2) is 42.5 Å². The maximum Gasteiger partial charge on any atom is 0.423 e. The van der Waals surface area contributed by atoms with Gasteiger partial charge in [0.15, 0.2) is 0 Å². The zero-order valence-electron chi connectivity index (χ0n) is 21.5. The molecule has 2 aliphatic heterocycles. The number of nitrogens with one attached hydrogen (secondary N) is 1. The van der Waals surface area contributed by atoms with Gasteiger partial charge in [-0.15, -0.1) is 0 Å². The number of alkyl halides is 6. The minimum atomic E-state index is -4.85. The van der Waals surface area contributed by atoms with Crippen molar-refractivity contribution in [3.05, 3.63) is 63.7 Å². The quantitative estimate of drug-likeness (QED) is 0.288. The van der Waals surface area contributed by atoms with Crippen LogP contribution >= 0.6 is 0 Å². The molecule has 1 N–H and O–H groups in total. The average molecular weight is 574 g/mol. The van der Waals surface area contributed by atoms with E-state index in [-0.39, 0.29) is 24.1 Å². The summed E-state index contributed by atoms with van der Waals surface area (Å²) in [5.41, 5.74) is -1.99. The van der Waals surface area contributed by atoms with Gasteiger partial charge in [-0.05, 0) is 49.2 Å². The molecule has 0 bridgehead atoms. The smallest absolute Gasteiger partial charge is 0.371 e. The molecule has 2 aromatic carbocycles. The van der Waals surface area contributed by atoms with E-state index in [1.807, 2.05) is 4.90 Å². The molecular formula is C26H29F6N5O3. The molecule has 1 amide bonds. The topological polar surface area (TPSA) is 82.0 Å². The van der Waals surface area contributed by atoms with Gasteiger partial charge in [-0.3, -0.25) is 19.8 Å². The zero-order chi connectivity index (χ0) is 29.1. The van der Waals surface area contributed by atoms with Crippen LogP contribution in [-0.4, -0.2) is 67.6 Å². The van der Waals surface area contributed by atoms with Crippen molar-refractivity contribution in [2.75, 3.05) is 55.6 Å². The first-order valence-corrected chi connectivity index (χ1v) is 12.9. The molecule has 2 heterocycles. The molecule has 2 aromatic rings. The Morgan fingerprint density at radius 3 is 1.98 bits per heavy atom. The van der Waals surface area contributed by atoms with Crippen molar-refractivity contribution in [3.8, 4) is 0 Å². The molecule has 40 heavy (non-hydrogen) atoms. The average Bonchev–Trinajstić information content (AvgIpc) is 2.91. The number of hydrogen-bond acceptors (Lipinski definition) is 6. The predicted octanol–water partition coefficient (Wildman–Crippen LogP) is 4.93. The summed E-state index contributed by atoms with van der Waals surface area (Å²) in [5, 5.41) is 14.0. The lowest BCUT2D eigenvalue weighted by Gasteiger charge is -2.36. The molecule has 218 valence electrons. The van der Waals surface area contributed by atoms with Gasteiger partial charge in [-0.2, -0.15) is 26.3 Å². The number of benzene rings is 2. The second-order valence-electron chi connectivity index (χ2n) is 9.91. The minimum absolute atomic E-state index is 0.125. The SMILES string of the molecule is O=C(CCN1CCN(c2ccc(C(F)(F)F)cc2)CC1)NC1CCN(c2ccc([N+](=O)[O-])c(C(F)(F)F)c2)CC1. The number of carbonyl (C=O) groups is 1. The zero-order valence-corrected chi connectivity index (χ0v) is 21.5. The number of rotatable bonds is 7. The number of amides is 1. The lowest BCUT2D eigenvalue weighted by atomic mass is 10.0. The highest BCUT2D eigenvalue weighted by molar-refractivity contribution is 5.76. The van der Waals surface area contributed by atoms with Crippen LogP contribution in [0.3, 0.4) is 0 Å². The number of nitro groups is 1. The fourth-order valence-corrected chi connectivity index (χ4v) is 5.04. The Hall–Kier alpha value is -3.55. The van der Waals surface area contributed by atoms with Crippen LogP contribution in [-0.2, 0) is 17.1 Å². The fraction of sp³-hybridized carbons (Fsp3) is 0.500. The van der Waals surface area contributed by atoms with Crippen LogP contribution in [0.5, 0.6) is 0 Å². The van der Waals surface area contributed by atoms with Crippen molar-refractivity contribution in [2.24, 2.45) is 0 Å². The summed E-state index contributed by atoms with van der Waals surface area (Å²) in [6, 6.07) is 7.93. The number of anilines is 2. The standard InChI is InChI=1S/C26H29F6N5O3/c27-25(28,29)18-1-3-20(4-2-18)36-15-13-34(14-16-36)10-9-24(38)33-19-7-11-35(12-8-19)21-5-6-23(37(39)40)22(17-21)26(30,31)32/h1-6,17,19H,7-16H2,(H,33,38). The highest BCUT2D eigenvalue weighted by atomic mass is 19.4. The number of nitro benzene ring substituents is 1. The van der Waals surface area contributed by atoms with E-state index in [1.54, 1.807) is 4.90 Å². The van der Waals surface area contributed by atoms with Crippen LogP contribution in [0.4, 0.5) is 43.4 Å².